The number of aromatic hydroxyl groups is 1. The van der Waals surface area contributed by atoms with Crippen molar-refractivity contribution in [2.24, 2.45) is 11.8 Å². The molecule has 4 aliphatic rings. The standard InChI is InChI=1S/C25H23NO3/c27-24-21(25(28)29-17-8-2-1-3-9-17)12-20-18-10-4-6-15(18)13-26-14-16-7-5-11-19(16)22(24)23(20)26/h1-5,8-12,15-16,18-19,27H,6-7,13-14H2/t15-,16-,18+,19+/m1/s1. The van der Waals surface area contributed by atoms with Crippen molar-refractivity contribution in [3.05, 3.63) is 77.4 Å². The number of phenols is 1. The molecule has 0 saturated heterocycles. The highest BCUT2D eigenvalue weighted by Crippen LogP contribution is 2.56. The second kappa shape index (κ2) is 6.24. The highest BCUT2D eigenvalue weighted by Gasteiger charge is 2.44. The van der Waals surface area contributed by atoms with Gasteiger partial charge in [-0.15, -0.1) is 0 Å². The lowest BCUT2D eigenvalue weighted by Gasteiger charge is -2.46. The van der Waals surface area contributed by atoms with E-state index in [-0.39, 0.29) is 17.2 Å². The van der Waals surface area contributed by atoms with Crippen LogP contribution in [0.4, 0.5) is 5.69 Å². The quantitative estimate of drug-likeness (QED) is 0.460. The molecule has 1 N–H and O–H groups in total. The van der Waals surface area contributed by atoms with Crippen LogP contribution in [0.2, 0.25) is 0 Å². The predicted molar refractivity (Wildman–Crippen MR) is 112 cm³/mol. The van der Waals surface area contributed by atoms with E-state index < -0.39 is 5.97 Å². The Bertz CT molecular complexity index is 1050. The normalized spacial score (nSPS) is 28.1. The third-order valence-electron chi connectivity index (χ3n) is 7.01. The number of ether oxygens (including phenoxy) is 1. The molecule has 0 radical (unpaired) electrons. The highest BCUT2D eigenvalue weighted by molar-refractivity contribution is 5.96. The van der Waals surface area contributed by atoms with Crippen molar-refractivity contribution in [3.8, 4) is 11.5 Å². The van der Waals surface area contributed by atoms with Gasteiger partial charge in [-0.25, -0.2) is 4.79 Å². The molecular weight excluding hydrogens is 362 g/mol. The van der Waals surface area contributed by atoms with Crippen molar-refractivity contribution < 1.29 is 14.6 Å². The summed E-state index contributed by atoms with van der Waals surface area (Å²) >= 11 is 0. The number of rotatable bonds is 2. The van der Waals surface area contributed by atoms with Crippen LogP contribution in [0.25, 0.3) is 0 Å². The van der Waals surface area contributed by atoms with Crippen molar-refractivity contribution in [2.75, 3.05) is 18.0 Å². The molecule has 0 spiro atoms. The van der Waals surface area contributed by atoms with Crippen molar-refractivity contribution >= 4 is 11.7 Å². The number of para-hydroxylation sites is 1. The maximum atomic E-state index is 13.0. The van der Waals surface area contributed by atoms with E-state index in [9.17, 15) is 9.90 Å². The Hall–Kier alpha value is -3.01. The largest absolute Gasteiger partial charge is 0.507 e. The third kappa shape index (κ3) is 2.48. The molecule has 4 nitrogen and oxygen atoms in total. The fraction of sp³-hybridized carbons (Fsp3) is 0.320. The molecule has 0 bridgehead atoms. The topological polar surface area (TPSA) is 49.8 Å². The lowest BCUT2D eigenvalue weighted by Crippen LogP contribution is -2.44. The van der Waals surface area contributed by atoms with Crippen LogP contribution in [0, 0.1) is 11.8 Å². The van der Waals surface area contributed by atoms with E-state index in [0.717, 1.165) is 37.2 Å². The molecule has 0 amide bonds. The molecule has 2 aliphatic heterocycles. The molecule has 2 aliphatic carbocycles. The lowest BCUT2D eigenvalue weighted by molar-refractivity contribution is 0.0731. The Morgan fingerprint density at radius 3 is 2.45 bits per heavy atom. The van der Waals surface area contributed by atoms with Crippen LogP contribution in [-0.4, -0.2) is 24.2 Å². The van der Waals surface area contributed by atoms with Crippen LogP contribution in [0.5, 0.6) is 11.5 Å². The summed E-state index contributed by atoms with van der Waals surface area (Å²) in [5, 5.41) is 11.3. The zero-order chi connectivity index (χ0) is 19.5. The Morgan fingerprint density at radius 2 is 1.69 bits per heavy atom. The minimum atomic E-state index is -0.493. The average molecular weight is 385 g/mol. The van der Waals surface area contributed by atoms with Gasteiger partial charge >= 0.3 is 5.97 Å². The molecule has 0 aromatic heterocycles. The molecule has 6 rings (SSSR count). The van der Waals surface area contributed by atoms with Gasteiger partial charge in [-0.1, -0.05) is 42.5 Å². The Morgan fingerprint density at radius 1 is 1.00 bits per heavy atom. The van der Waals surface area contributed by atoms with Crippen molar-refractivity contribution in [2.45, 2.75) is 24.7 Å². The summed E-state index contributed by atoms with van der Waals surface area (Å²) in [5.41, 5.74) is 3.52. The minimum absolute atomic E-state index is 0.0938. The van der Waals surface area contributed by atoms with Gasteiger partial charge in [0.05, 0.1) is 0 Å². The minimum Gasteiger partial charge on any atom is -0.507 e. The first-order valence-electron chi connectivity index (χ1n) is 10.5. The van der Waals surface area contributed by atoms with Crippen molar-refractivity contribution in [1.29, 1.82) is 0 Å². The lowest BCUT2D eigenvalue weighted by atomic mass is 9.74. The number of carbonyl (C=O) groups excluding carboxylic acids is 1. The van der Waals surface area contributed by atoms with Crippen LogP contribution in [-0.2, 0) is 0 Å². The summed E-state index contributed by atoms with van der Waals surface area (Å²) in [6.45, 7) is 2.04. The summed E-state index contributed by atoms with van der Waals surface area (Å²) < 4.78 is 5.59. The molecule has 0 fully saturated rings. The molecule has 4 heteroatoms. The first kappa shape index (κ1) is 16.9. The number of esters is 1. The smallest absolute Gasteiger partial charge is 0.347 e. The van der Waals surface area contributed by atoms with Gasteiger partial charge in [-0.2, -0.15) is 0 Å². The van der Waals surface area contributed by atoms with Crippen molar-refractivity contribution in [1.82, 2.24) is 0 Å². The van der Waals surface area contributed by atoms with Gasteiger partial charge < -0.3 is 14.7 Å². The number of phenolic OH excluding ortho intramolecular Hbond substituents is 1. The zero-order valence-electron chi connectivity index (χ0n) is 16.1. The van der Waals surface area contributed by atoms with Gasteiger partial charge in [-0.3, -0.25) is 0 Å². The van der Waals surface area contributed by atoms with Gasteiger partial charge in [0.1, 0.15) is 17.1 Å². The number of hydrogen-bond acceptors (Lipinski definition) is 4. The van der Waals surface area contributed by atoms with Crippen LogP contribution in [0.3, 0.4) is 0 Å². The van der Waals surface area contributed by atoms with Gasteiger partial charge in [0.15, 0.2) is 0 Å². The maximum Gasteiger partial charge on any atom is 0.347 e. The Kier molecular flexibility index (Phi) is 3.64. The van der Waals surface area contributed by atoms with Crippen molar-refractivity contribution in [3.63, 3.8) is 0 Å². The Balaban J connectivity index is 1.51. The first-order valence-corrected chi connectivity index (χ1v) is 10.5. The number of benzene rings is 2. The van der Waals surface area contributed by atoms with E-state index in [2.05, 4.69) is 29.2 Å². The number of allylic oxidation sites excluding steroid dienone is 4. The molecule has 4 atom stereocenters. The number of anilines is 1. The second-order valence-electron chi connectivity index (χ2n) is 8.63. The monoisotopic (exact) mass is 385 g/mol. The SMILES string of the molecule is O=C(Oc1ccccc1)c1cc2c3c(c1O)[C@H]1C=CC[C@@H]1CN3C[C@H]1CC=C[C@H]21. The average Bonchev–Trinajstić information content (AvgIpc) is 3.39. The molecular formula is C25H23NO3. The van der Waals surface area contributed by atoms with E-state index in [1.165, 1.54) is 5.56 Å². The zero-order valence-corrected chi connectivity index (χ0v) is 16.1. The number of carbonyl (C=O) groups is 1. The summed E-state index contributed by atoms with van der Waals surface area (Å²) in [4.78, 5) is 15.5. The third-order valence-corrected chi connectivity index (χ3v) is 7.01. The molecule has 0 saturated carbocycles. The van der Waals surface area contributed by atoms with Gasteiger partial charge in [-0.05, 0) is 48.4 Å². The maximum absolute atomic E-state index is 13.0. The number of nitrogens with zero attached hydrogens (tertiary/aromatic N) is 1. The van der Waals surface area contributed by atoms with Crippen LogP contribution < -0.4 is 9.64 Å². The van der Waals surface area contributed by atoms with E-state index in [1.807, 2.05) is 24.3 Å². The van der Waals surface area contributed by atoms with E-state index >= 15 is 0 Å². The Labute approximate surface area is 170 Å². The van der Waals surface area contributed by atoms with E-state index in [0.29, 0.717) is 23.5 Å². The first-order chi connectivity index (χ1) is 14.2. The highest BCUT2D eigenvalue weighted by atomic mass is 16.5. The molecule has 146 valence electrons. The van der Waals surface area contributed by atoms with Gasteiger partial charge in [0.25, 0.3) is 0 Å². The number of fused-ring (bicyclic) bond motifs is 4. The second-order valence-corrected chi connectivity index (χ2v) is 8.63. The van der Waals surface area contributed by atoms with Crippen LogP contribution >= 0.6 is 0 Å². The van der Waals surface area contributed by atoms with Crippen LogP contribution in [0.1, 0.15) is 46.2 Å². The molecule has 29 heavy (non-hydrogen) atoms. The summed E-state index contributed by atoms with van der Waals surface area (Å²) in [6.07, 6.45) is 11.1. The molecule has 0 unspecified atom stereocenters. The molecule has 2 aromatic carbocycles. The summed E-state index contributed by atoms with van der Waals surface area (Å²) in [7, 11) is 0. The van der Waals surface area contributed by atoms with Gasteiger partial charge in [0.2, 0.25) is 0 Å². The number of hydrogen-bond donors (Lipinski definition) is 1. The van der Waals surface area contributed by atoms with Gasteiger partial charge in [0, 0.05) is 36.2 Å². The fourth-order valence-electron chi connectivity index (χ4n) is 5.73. The molecule has 2 aromatic rings. The van der Waals surface area contributed by atoms with E-state index in [4.69, 9.17) is 4.74 Å². The predicted octanol–water partition coefficient (Wildman–Crippen LogP) is 4.76. The molecule has 2 heterocycles. The van der Waals surface area contributed by atoms with Crippen LogP contribution in [0.15, 0.2) is 60.7 Å². The summed E-state index contributed by atoms with van der Waals surface area (Å²) in [6, 6.07) is 10.9. The summed E-state index contributed by atoms with van der Waals surface area (Å²) in [5.74, 6) is 1.58. The van der Waals surface area contributed by atoms with E-state index in [1.54, 1.807) is 12.1 Å². The fourth-order valence-corrected chi connectivity index (χ4v) is 5.73.